The van der Waals surface area contributed by atoms with E-state index in [4.69, 9.17) is 8.54 Å². The Labute approximate surface area is 82.1 Å². The van der Waals surface area contributed by atoms with E-state index in [1.54, 1.807) is 0 Å². The van der Waals surface area contributed by atoms with Gasteiger partial charge in [0.25, 0.3) is 0 Å². The average Bonchev–Trinajstić information content (AvgIpc) is 1.96. The van der Waals surface area contributed by atoms with Crippen molar-refractivity contribution in [2.45, 2.75) is 38.7 Å². The van der Waals surface area contributed by atoms with Crippen LogP contribution >= 0.6 is 0 Å². The van der Waals surface area contributed by atoms with Gasteiger partial charge < -0.3 is 8.54 Å². The average molecular weight is 223 g/mol. The zero-order chi connectivity index (χ0) is 9.61. The topological polar surface area (TPSA) is 18.5 Å². The fourth-order valence-electron chi connectivity index (χ4n) is 0.867. The lowest BCUT2D eigenvalue weighted by atomic mass is 10.5. The maximum atomic E-state index is 5.74. The molecule has 0 fully saturated rings. The normalized spacial score (nSPS) is 15.0. The summed E-state index contributed by atoms with van der Waals surface area (Å²) >= 11 is 0. The molecule has 0 spiro atoms. The Hall–Kier alpha value is 0.571. The minimum atomic E-state index is -1.26. The molecule has 0 aliphatic heterocycles. The number of hydrogen-bond acceptors (Lipinski definition) is 2. The van der Waals surface area contributed by atoms with E-state index in [2.05, 4.69) is 26.2 Å². The van der Waals surface area contributed by atoms with Crippen LogP contribution in [0.3, 0.4) is 0 Å². The second-order valence-corrected chi connectivity index (χ2v) is 12.7. The van der Waals surface area contributed by atoms with Crippen LogP contribution in [-0.2, 0) is 8.54 Å². The standard InChI is InChI=1S/C7H22O2Si3/c1-11(9-10)7-5-6-8-12(2,3)4/h11H,5-7H2,1-4,10H3. The highest BCUT2D eigenvalue weighted by Gasteiger charge is 2.13. The van der Waals surface area contributed by atoms with Crippen molar-refractivity contribution in [3.8, 4) is 0 Å². The lowest BCUT2D eigenvalue weighted by Crippen LogP contribution is -2.26. The van der Waals surface area contributed by atoms with Gasteiger partial charge in [-0.05, 0) is 38.7 Å². The van der Waals surface area contributed by atoms with E-state index in [9.17, 15) is 0 Å². The molecular formula is C7H22O2Si3. The zero-order valence-electron chi connectivity index (χ0n) is 9.02. The minimum Gasteiger partial charge on any atom is -0.466 e. The van der Waals surface area contributed by atoms with E-state index in [0.717, 1.165) is 17.1 Å². The van der Waals surface area contributed by atoms with Gasteiger partial charge in [-0.1, -0.05) is 0 Å². The predicted molar refractivity (Wildman–Crippen MR) is 62.8 cm³/mol. The van der Waals surface area contributed by atoms with Crippen molar-refractivity contribution in [3.63, 3.8) is 0 Å². The Balaban J connectivity index is 3.22. The van der Waals surface area contributed by atoms with Crippen molar-refractivity contribution in [1.29, 1.82) is 0 Å². The van der Waals surface area contributed by atoms with Gasteiger partial charge in [-0.15, -0.1) is 0 Å². The summed E-state index contributed by atoms with van der Waals surface area (Å²) in [5.74, 6) is 0. The van der Waals surface area contributed by atoms with Crippen molar-refractivity contribution in [2.24, 2.45) is 0 Å². The SMILES string of the molecule is C[SiH](CCCO[Si](C)(C)C)O[SiH3]. The van der Waals surface area contributed by atoms with Gasteiger partial charge in [0.05, 0.1) is 0 Å². The van der Waals surface area contributed by atoms with Crippen molar-refractivity contribution in [2.75, 3.05) is 6.61 Å². The lowest BCUT2D eigenvalue weighted by molar-refractivity contribution is 0.310. The third-order valence-corrected chi connectivity index (χ3v) is 7.20. The fourth-order valence-corrected chi connectivity index (χ4v) is 3.31. The molecule has 0 aliphatic rings. The van der Waals surface area contributed by atoms with Crippen LogP contribution in [0, 0.1) is 0 Å². The fraction of sp³-hybridized carbons (Fsp3) is 1.00. The first-order chi connectivity index (χ1) is 5.45. The molecule has 2 nitrogen and oxygen atoms in total. The molecule has 1 unspecified atom stereocenters. The molecule has 0 saturated heterocycles. The van der Waals surface area contributed by atoms with Gasteiger partial charge in [-0.25, -0.2) is 0 Å². The summed E-state index contributed by atoms with van der Waals surface area (Å²) in [7, 11) is -1.11. The van der Waals surface area contributed by atoms with Gasteiger partial charge in [0.15, 0.2) is 17.4 Å². The molecular weight excluding hydrogens is 200 g/mol. The summed E-state index contributed by atoms with van der Waals surface area (Å²) in [4.78, 5) is 0. The van der Waals surface area contributed by atoms with Crippen molar-refractivity contribution < 1.29 is 8.54 Å². The van der Waals surface area contributed by atoms with Gasteiger partial charge >= 0.3 is 0 Å². The summed E-state index contributed by atoms with van der Waals surface area (Å²) < 4.78 is 11.2. The maximum absolute atomic E-state index is 5.74. The van der Waals surface area contributed by atoms with Crippen molar-refractivity contribution in [1.82, 2.24) is 0 Å². The maximum Gasteiger partial charge on any atom is 0.183 e. The Morgan fingerprint density at radius 3 is 2.33 bits per heavy atom. The van der Waals surface area contributed by atoms with Crippen LogP contribution in [0.4, 0.5) is 0 Å². The molecule has 0 radical (unpaired) electrons. The monoisotopic (exact) mass is 222 g/mol. The molecule has 0 aromatic heterocycles. The summed E-state index contributed by atoms with van der Waals surface area (Å²) in [6, 6.07) is 1.27. The highest BCUT2D eigenvalue weighted by Crippen LogP contribution is 2.05. The minimum absolute atomic E-state index is 0.770. The van der Waals surface area contributed by atoms with Crippen LogP contribution < -0.4 is 0 Å². The van der Waals surface area contributed by atoms with Crippen molar-refractivity contribution >= 4 is 27.8 Å². The molecule has 0 amide bonds. The van der Waals surface area contributed by atoms with Crippen LogP contribution in [-0.4, -0.2) is 34.5 Å². The quantitative estimate of drug-likeness (QED) is 0.491. The first-order valence-electron chi connectivity index (χ1n) is 4.62. The van der Waals surface area contributed by atoms with Crippen LogP contribution in [0.15, 0.2) is 0 Å². The van der Waals surface area contributed by atoms with E-state index in [0.29, 0.717) is 0 Å². The molecule has 0 aromatic carbocycles. The molecule has 5 heteroatoms. The van der Waals surface area contributed by atoms with Gasteiger partial charge in [-0.3, -0.25) is 0 Å². The van der Waals surface area contributed by atoms with Crippen LogP contribution in [0.25, 0.3) is 0 Å². The van der Waals surface area contributed by atoms with Gasteiger partial charge in [0, 0.05) is 6.61 Å². The Morgan fingerprint density at radius 1 is 1.33 bits per heavy atom. The third-order valence-electron chi connectivity index (χ3n) is 1.69. The Morgan fingerprint density at radius 2 is 1.92 bits per heavy atom. The third kappa shape index (κ3) is 8.67. The molecule has 1 atom stereocenters. The van der Waals surface area contributed by atoms with Gasteiger partial charge in [-0.2, -0.15) is 0 Å². The molecule has 12 heavy (non-hydrogen) atoms. The summed E-state index contributed by atoms with van der Waals surface area (Å²) in [6.07, 6.45) is 1.19. The molecule has 0 aromatic rings. The van der Waals surface area contributed by atoms with Crippen LogP contribution in [0.5, 0.6) is 0 Å². The van der Waals surface area contributed by atoms with Gasteiger partial charge in [0.2, 0.25) is 0 Å². The first-order valence-corrected chi connectivity index (χ1v) is 11.3. The number of rotatable bonds is 6. The van der Waals surface area contributed by atoms with Crippen LogP contribution in [0.2, 0.25) is 32.2 Å². The summed E-state index contributed by atoms with van der Waals surface area (Å²) in [5, 5.41) is 0. The Bertz CT molecular complexity index is 114. The first kappa shape index (κ1) is 12.6. The van der Waals surface area contributed by atoms with Crippen LogP contribution in [0.1, 0.15) is 6.42 Å². The van der Waals surface area contributed by atoms with E-state index in [-0.39, 0.29) is 0 Å². The number of hydrogen-bond donors (Lipinski definition) is 0. The molecule has 0 rings (SSSR count). The van der Waals surface area contributed by atoms with E-state index in [1.807, 2.05) is 0 Å². The predicted octanol–water partition coefficient (Wildman–Crippen LogP) is 0.879. The lowest BCUT2D eigenvalue weighted by Gasteiger charge is -2.17. The molecule has 0 aliphatic carbocycles. The summed E-state index contributed by atoms with van der Waals surface area (Å²) in [6.45, 7) is 9.91. The van der Waals surface area contributed by atoms with E-state index >= 15 is 0 Å². The molecule has 0 heterocycles. The molecule has 0 N–H and O–H groups in total. The smallest absolute Gasteiger partial charge is 0.183 e. The van der Waals surface area contributed by atoms with E-state index < -0.39 is 17.4 Å². The second kappa shape index (κ2) is 6.09. The second-order valence-electron chi connectivity index (χ2n) is 4.15. The van der Waals surface area contributed by atoms with Crippen molar-refractivity contribution in [3.05, 3.63) is 0 Å². The van der Waals surface area contributed by atoms with E-state index in [1.165, 1.54) is 12.5 Å². The summed E-state index contributed by atoms with van der Waals surface area (Å²) in [5.41, 5.74) is 0. The van der Waals surface area contributed by atoms with Gasteiger partial charge in [0.1, 0.15) is 10.5 Å². The molecule has 0 bridgehead atoms. The molecule has 74 valence electrons. The highest BCUT2D eigenvalue weighted by molar-refractivity contribution is 6.69. The zero-order valence-corrected chi connectivity index (χ0v) is 13.2. The Kier molecular flexibility index (Phi) is 6.38. The largest absolute Gasteiger partial charge is 0.466 e. The highest BCUT2D eigenvalue weighted by atomic mass is 28.4. The molecule has 0 saturated carbocycles.